The first-order chi connectivity index (χ1) is 15.4. The van der Waals surface area contributed by atoms with Gasteiger partial charge in [0.2, 0.25) is 11.6 Å². The summed E-state index contributed by atoms with van der Waals surface area (Å²) in [6, 6.07) is 18.1. The van der Waals surface area contributed by atoms with Crippen LogP contribution in [0.5, 0.6) is 5.88 Å². The van der Waals surface area contributed by atoms with E-state index in [2.05, 4.69) is 10.2 Å². The average molecular weight is 429 g/mol. The van der Waals surface area contributed by atoms with E-state index in [1.807, 2.05) is 36.4 Å². The number of benzene rings is 2. The molecule has 32 heavy (non-hydrogen) atoms. The molecule has 0 saturated carbocycles. The molecule has 0 spiro atoms. The normalized spacial score (nSPS) is 20.6. The topological polar surface area (TPSA) is 111 Å². The van der Waals surface area contributed by atoms with E-state index in [-0.39, 0.29) is 34.5 Å². The van der Waals surface area contributed by atoms with E-state index in [4.69, 9.17) is 0 Å². The monoisotopic (exact) mass is 429 g/mol. The Labute approximate surface area is 183 Å². The Bertz CT molecular complexity index is 1340. The van der Waals surface area contributed by atoms with Gasteiger partial charge >= 0.3 is 5.90 Å². The molecule has 0 saturated heterocycles. The van der Waals surface area contributed by atoms with Crippen molar-refractivity contribution in [2.24, 2.45) is 16.9 Å². The number of Topliss-reactive ketones (excluding diaryl/α,β-unsaturated/α-hetero) is 1. The number of aromatic nitrogens is 2. The Balaban J connectivity index is 1.54. The number of carbonyl (C=O) groups is 1. The molecule has 0 radical (unpaired) electrons. The van der Waals surface area contributed by atoms with Gasteiger partial charge in [0.15, 0.2) is 5.78 Å². The fourth-order valence-corrected chi connectivity index (χ4v) is 4.34. The Hall–Kier alpha value is -4.20. The van der Waals surface area contributed by atoms with Gasteiger partial charge in [-0.2, -0.15) is 5.10 Å². The van der Waals surface area contributed by atoms with Gasteiger partial charge in [-0.05, 0) is 30.7 Å². The molecule has 0 amide bonds. The summed E-state index contributed by atoms with van der Waals surface area (Å²) in [7, 11) is 0. The smallest absolute Gasteiger partial charge is 0.381 e. The molecule has 8 heteroatoms. The summed E-state index contributed by atoms with van der Waals surface area (Å²) >= 11 is 0. The van der Waals surface area contributed by atoms with Crippen LogP contribution in [-0.4, -0.2) is 47.2 Å². The zero-order chi connectivity index (χ0) is 22.6. The second-order valence-electron chi connectivity index (χ2n) is 7.86. The number of hydrazone groups is 1. The van der Waals surface area contributed by atoms with Gasteiger partial charge in [-0.1, -0.05) is 36.4 Å². The number of carbonyl (C=O) groups excluding carboxylic acids is 1. The number of hydrogen-bond donors (Lipinski definition) is 3. The van der Waals surface area contributed by atoms with Gasteiger partial charge in [0.05, 0.1) is 22.5 Å². The van der Waals surface area contributed by atoms with E-state index in [0.717, 1.165) is 0 Å². The number of aliphatic hydroxyl groups excluding tert-OH is 2. The standard InChI is InChI=1S/C24H20N4O4/c1-13-17(23(31)27(25-13)15-9-5-3-6-10-15)19-21(29)20(22(19)30)18-14(2)26-28(24(18)32)16-11-7-4-8-12-16/h3-12,17,19H,1-2H3,(H2,26,29,30,32)/p+1. The minimum absolute atomic E-state index is 0.0194. The highest BCUT2D eigenvalue weighted by atomic mass is 16.3. The number of aromatic hydroxyl groups is 1. The lowest BCUT2D eigenvalue weighted by molar-refractivity contribution is -0.451. The van der Waals surface area contributed by atoms with Crippen LogP contribution in [0.1, 0.15) is 18.2 Å². The van der Waals surface area contributed by atoms with Crippen molar-refractivity contribution in [1.82, 2.24) is 9.78 Å². The van der Waals surface area contributed by atoms with E-state index < -0.39 is 11.8 Å². The van der Waals surface area contributed by atoms with Gasteiger partial charge in [0, 0.05) is 17.2 Å². The summed E-state index contributed by atoms with van der Waals surface area (Å²) in [5.41, 5.74) is 2.42. The molecular weight excluding hydrogens is 408 g/mol. The predicted molar refractivity (Wildman–Crippen MR) is 119 cm³/mol. The van der Waals surface area contributed by atoms with Crippen molar-refractivity contribution >= 4 is 28.7 Å². The number of rotatable bonds is 4. The quantitative estimate of drug-likeness (QED) is 0.548. The molecule has 1 aliphatic carbocycles. The average Bonchev–Trinajstić information content (AvgIpc) is 3.26. The minimum atomic E-state index is -0.971. The summed E-state index contributed by atoms with van der Waals surface area (Å²) in [5.74, 6) is -2.67. The summed E-state index contributed by atoms with van der Waals surface area (Å²) < 4.78 is 2.70. The van der Waals surface area contributed by atoms with Gasteiger partial charge in [-0.3, -0.25) is 4.79 Å². The van der Waals surface area contributed by atoms with Crippen molar-refractivity contribution in [1.29, 1.82) is 0 Å². The van der Waals surface area contributed by atoms with Crippen LogP contribution in [0.4, 0.5) is 5.69 Å². The summed E-state index contributed by atoms with van der Waals surface area (Å²) in [6.07, 6.45) is 0. The number of allylic oxidation sites excluding steroid dienone is 2. The van der Waals surface area contributed by atoms with E-state index >= 15 is 0 Å². The van der Waals surface area contributed by atoms with Crippen LogP contribution in [-0.2, 0) is 4.79 Å². The number of aliphatic hydroxyl groups is 2. The highest BCUT2D eigenvalue weighted by molar-refractivity contribution is 6.32. The Kier molecular flexibility index (Phi) is 4.44. The summed E-state index contributed by atoms with van der Waals surface area (Å²) in [4.78, 5) is 13.2. The van der Waals surface area contributed by atoms with Crippen molar-refractivity contribution in [3.63, 3.8) is 0 Å². The Morgan fingerprint density at radius 3 is 2.16 bits per heavy atom. The third-order valence-electron chi connectivity index (χ3n) is 5.90. The van der Waals surface area contributed by atoms with Crippen molar-refractivity contribution in [2.45, 2.75) is 13.8 Å². The molecule has 3 N–H and O–H groups in total. The summed E-state index contributed by atoms with van der Waals surface area (Å²) in [6.45, 7) is 3.37. The molecule has 2 aromatic carbocycles. The Morgan fingerprint density at radius 1 is 0.906 bits per heavy atom. The van der Waals surface area contributed by atoms with Crippen LogP contribution in [0.3, 0.4) is 0 Å². The van der Waals surface area contributed by atoms with Crippen molar-refractivity contribution in [3.05, 3.63) is 77.7 Å². The molecule has 1 aliphatic heterocycles. The molecule has 2 heterocycles. The molecule has 2 unspecified atom stereocenters. The second kappa shape index (κ2) is 7.19. The third kappa shape index (κ3) is 2.76. The highest BCUT2D eigenvalue weighted by Gasteiger charge is 2.55. The van der Waals surface area contributed by atoms with E-state index in [1.165, 1.54) is 9.37 Å². The number of nitrogens with zero attached hydrogens (tertiary/aromatic N) is 4. The number of para-hydroxylation sites is 2. The maximum Gasteiger partial charge on any atom is 0.381 e. The Morgan fingerprint density at radius 2 is 1.53 bits per heavy atom. The maximum atomic E-state index is 13.2. The van der Waals surface area contributed by atoms with Crippen LogP contribution in [0.2, 0.25) is 0 Å². The molecule has 8 nitrogen and oxygen atoms in total. The fourth-order valence-electron chi connectivity index (χ4n) is 4.34. The van der Waals surface area contributed by atoms with Crippen molar-refractivity contribution < 1.29 is 24.8 Å². The lowest BCUT2D eigenvalue weighted by atomic mass is 9.70. The lowest BCUT2D eigenvalue weighted by Gasteiger charge is -2.29. The van der Waals surface area contributed by atoms with Crippen LogP contribution < -0.4 is 0 Å². The van der Waals surface area contributed by atoms with E-state index in [0.29, 0.717) is 22.8 Å². The zero-order valence-electron chi connectivity index (χ0n) is 17.5. The zero-order valence-corrected chi connectivity index (χ0v) is 17.5. The number of aryl methyl sites for hydroxylation is 1. The molecule has 160 valence electrons. The fraction of sp³-hybridized carbons (Fsp3) is 0.167. The molecule has 2 atom stereocenters. The predicted octanol–water partition coefficient (Wildman–Crippen LogP) is 3.66. The maximum absolute atomic E-state index is 13.2. The van der Waals surface area contributed by atoms with Crippen LogP contribution in [0.25, 0.3) is 11.3 Å². The van der Waals surface area contributed by atoms with E-state index in [1.54, 1.807) is 38.1 Å². The van der Waals surface area contributed by atoms with Crippen LogP contribution in [0.15, 0.2) is 71.5 Å². The first-order valence-corrected chi connectivity index (χ1v) is 10.2. The van der Waals surface area contributed by atoms with Crippen LogP contribution in [0, 0.1) is 18.8 Å². The van der Waals surface area contributed by atoms with Crippen molar-refractivity contribution in [2.75, 3.05) is 0 Å². The van der Waals surface area contributed by atoms with Crippen molar-refractivity contribution in [3.8, 4) is 11.6 Å². The van der Waals surface area contributed by atoms with Crippen LogP contribution >= 0.6 is 0 Å². The second-order valence-corrected chi connectivity index (χ2v) is 7.86. The highest BCUT2D eigenvalue weighted by Crippen LogP contribution is 2.46. The lowest BCUT2D eigenvalue weighted by Crippen LogP contribution is -2.42. The van der Waals surface area contributed by atoms with Gasteiger partial charge in [0.25, 0.3) is 0 Å². The number of hydrogen-bond acceptors (Lipinski definition) is 5. The van der Waals surface area contributed by atoms with Gasteiger partial charge < -0.3 is 15.3 Å². The molecule has 0 bridgehead atoms. The van der Waals surface area contributed by atoms with Gasteiger partial charge in [-0.15, -0.1) is 0 Å². The molecule has 3 aromatic rings. The third-order valence-corrected chi connectivity index (χ3v) is 5.90. The van der Waals surface area contributed by atoms with Gasteiger partial charge in [-0.25, -0.2) is 4.68 Å². The number of ketones is 1. The van der Waals surface area contributed by atoms with Gasteiger partial charge in [0.1, 0.15) is 23.3 Å². The minimum Gasteiger partial charge on any atom is -0.511 e. The SMILES string of the molecule is CC1=N[N+](c2ccccc2)=C(O)C1C1C(=O)C(c2c(C)nn(-c3ccccc3)c2O)=C1O. The van der Waals surface area contributed by atoms with E-state index in [9.17, 15) is 20.1 Å². The molecule has 5 rings (SSSR count). The first-order valence-electron chi connectivity index (χ1n) is 10.2. The molecule has 1 aromatic heterocycles. The largest absolute Gasteiger partial charge is 0.511 e. The molecule has 0 fully saturated rings. The first kappa shape index (κ1) is 19.7. The molecule has 2 aliphatic rings. The summed E-state index contributed by atoms with van der Waals surface area (Å²) in [5, 5.41) is 41.2. The molecular formula is C24H21N4O4+.